The number of carbonyl (C=O) groups excluding carboxylic acids is 2. The maximum atomic E-state index is 12.4. The Morgan fingerprint density at radius 3 is 2.61 bits per heavy atom. The minimum atomic E-state index is -0.302. The van der Waals surface area contributed by atoms with Crippen molar-refractivity contribution in [3.05, 3.63) is 46.2 Å². The fraction of sp³-hybridized carbons (Fsp3) is 0.312. The smallest absolute Gasteiger partial charge is 0.271 e. The van der Waals surface area contributed by atoms with Crippen molar-refractivity contribution in [3.63, 3.8) is 0 Å². The van der Waals surface area contributed by atoms with Crippen LogP contribution in [-0.2, 0) is 7.05 Å². The lowest BCUT2D eigenvalue weighted by molar-refractivity contribution is 0.0940. The molecule has 2 rings (SSSR count). The molecule has 0 saturated heterocycles. The van der Waals surface area contributed by atoms with E-state index in [4.69, 9.17) is 0 Å². The first kappa shape index (κ1) is 17.2. The second-order valence-corrected chi connectivity index (χ2v) is 6.42. The Morgan fingerprint density at radius 2 is 1.96 bits per heavy atom. The highest BCUT2D eigenvalue weighted by Gasteiger charge is 2.19. The molecule has 23 heavy (non-hydrogen) atoms. The lowest BCUT2D eigenvalue weighted by Gasteiger charge is -2.10. The van der Waals surface area contributed by atoms with Crippen molar-refractivity contribution >= 4 is 33.4 Å². The molecule has 0 saturated carbocycles. The fourth-order valence-electron chi connectivity index (χ4n) is 2.01. The number of rotatable bonds is 5. The first-order valence-corrected chi connectivity index (χ1v) is 8.05. The summed E-state index contributed by atoms with van der Waals surface area (Å²) in [6, 6.07) is 7.09. The van der Waals surface area contributed by atoms with Gasteiger partial charge < -0.3 is 10.6 Å². The van der Waals surface area contributed by atoms with Crippen molar-refractivity contribution in [3.8, 4) is 0 Å². The predicted octanol–water partition coefficient (Wildman–Crippen LogP) is 2.82. The maximum Gasteiger partial charge on any atom is 0.271 e. The van der Waals surface area contributed by atoms with Gasteiger partial charge in [0, 0.05) is 18.1 Å². The van der Waals surface area contributed by atoms with Crippen LogP contribution in [0, 0.1) is 5.92 Å². The molecule has 6 nitrogen and oxygen atoms in total. The average molecular weight is 379 g/mol. The van der Waals surface area contributed by atoms with Crippen LogP contribution in [0.5, 0.6) is 0 Å². The van der Waals surface area contributed by atoms with Crippen LogP contribution in [0.25, 0.3) is 0 Å². The Labute approximate surface area is 143 Å². The van der Waals surface area contributed by atoms with Crippen LogP contribution in [0.15, 0.2) is 34.9 Å². The topological polar surface area (TPSA) is 76.0 Å². The summed E-state index contributed by atoms with van der Waals surface area (Å²) < 4.78 is 2.14. The van der Waals surface area contributed by atoms with Crippen molar-refractivity contribution in [1.29, 1.82) is 0 Å². The van der Waals surface area contributed by atoms with Crippen molar-refractivity contribution in [2.24, 2.45) is 13.0 Å². The Kier molecular flexibility index (Phi) is 5.54. The third-order valence-electron chi connectivity index (χ3n) is 3.19. The summed E-state index contributed by atoms with van der Waals surface area (Å²) in [7, 11) is 1.67. The summed E-state index contributed by atoms with van der Waals surface area (Å²) in [5.74, 6) is -0.227. The van der Waals surface area contributed by atoms with Gasteiger partial charge in [0.25, 0.3) is 11.8 Å². The largest absolute Gasteiger partial charge is 0.350 e. The molecule has 2 amide bonds. The zero-order valence-electron chi connectivity index (χ0n) is 13.3. The summed E-state index contributed by atoms with van der Waals surface area (Å²) in [6.45, 7) is 4.58. The van der Waals surface area contributed by atoms with Gasteiger partial charge in [0.05, 0.1) is 17.4 Å². The number of aromatic nitrogens is 2. The van der Waals surface area contributed by atoms with Crippen LogP contribution in [0.3, 0.4) is 0 Å². The number of hydrogen-bond acceptors (Lipinski definition) is 3. The molecule has 1 aromatic heterocycles. The minimum Gasteiger partial charge on any atom is -0.350 e. The SMILES string of the molecule is CC(C)CNC(=O)c1c(NC(=O)c2ccccc2Br)cnn1C. The van der Waals surface area contributed by atoms with Crippen molar-refractivity contribution < 1.29 is 9.59 Å². The molecule has 0 fully saturated rings. The first-order valence-electron chi connectivity index (χ1n) is 7.26. The molecule has 0 spiro atoms. The molecule has 0 aliphatic rings. The standard InChI is InChI=1S/C16H19BrN4O2/c1-10(2)8-18-16(23)14-13(9-19-21(14)3)20-15(22)11-6-4-5-7-12(11)17/h4-7,9-10H,8H2,1-3H3,(H,18,23)(H,20,22). The van der Waals surface area contributed by atoms with Gasteiger partial charge in [-0.3, -0.25) is 14.3 Å². The first-order chi connectivity index (χ1) is 10.9. The maximum absolute atomic E-state index is 12.4. The van der Waals surface area contributed by atoms with E-state index in [0.717, 1.165) is 0 Å². The van der Waals surface area contributed by atoms with Crippen LogP contribution in [-0.4, -0.2) is 28.1 Å². The molecule has 0 radical (unpaired) electrons. The van der Waals surface area contributed by atoms with E-state index in [1.54, 1.807) is 25.2 Å². The van der Waals surface area contributed by atoms with Crippen LogP contribution in [0.4, 0.5) is 5.69 Å². The van der Waals surface area contributed by atoms with E-state index in [1.807, 2.05) is 19.9 Å². The van der Waals surface area contributed by atoms with Gasteiger partial charge in [-0.05, 0) is 34.0 Å². The number of benzene rings is 1. The second-order valence-electron chi connectivity index (χ2n) is 5.57. The molecule has 1 heterocycles. The van der Waals surface area contributed by atoms with Gasteiger partial charge in [-0.1, -0.05) is 26.0 Å². The number of carbonyl (C=O) groups is 2. The third kappa shape index (κ3) is 4.19. The van der Waals surface area contributed by atoms with E-state index >= 15 is 0 Å². The summed E-state index contributed by atoms with van der Waals surface area (Å²) >= 11 is 3.34. The fourth-order valence-corrected chi connectivity index (χ4v) is 2.48. The Hall–Kier alpha value is -2.15. The minimum absolute atomic E-state index is 0.263. The summed E-state index contributed by atoms with van der Waals surface area (Å²) in [6.07, 6.45) is 1.47. The van der Waals surface area contributed by atoms with E-state index in [-0.39, 0.29) is 11.8 Å². The summed E-state index contributed by atoms with van der Waals surface area (Å²) in [4.78, 5) is 24.7. The van der Waals surface area contributed by atoms with E-state index < -0.39 is 0 Å². The molecule has 122 valence electrons. The molecule has 0 atom stereocenters. The van der Waals surface area contributed by atoms with Gasteiger partial charge in [-0.15, -0.1) is 0 Å². The zero-order valence-corrected chi connectivity index (χ0v) is 14.8. The van der Waals surface area contributed by atoms with Gasteiger partial charge in [0.1, 0.15) is 5.69 Å². The van der Waals surface area contributed by atoms with Crippen molar-refractivity contribution in [2.75, 3.05) is 11.9 Å². The average Bonchev–Trinajstić information content (AvgIpc) is 2.86. The number of anilines is 1. The summed E-state index contributed by atoms with van der Waals surface area (Å²) in [5.41, 5.74) is 1.20. The molecule has 0 bridgehead atoms. The highest BCUT2D eigenvalue weighted by molar-refractivity contribution is 9.10. The van der Waals surface area contributed by atoms with Crippen molar-refractivity contribution in [1.82, 2.24) is 15.1 Å². The normalized spacial score (nSPS) is 10.7. The Morgan fingerprint density at radius 1 is 1.26 bits per heavy atom. The lowest BCUT2D eigenvalue weighted by Crippen LogP contribution is -2.30. The molecule has 2 aromatic rings. The molecular formula is C16H19BrN4O2. The van der Waals surface area contributed by atoms with E-state index in [2.05, 4.69) is 31.7 Å². The number of hydrogen-bond donors (Lipinski definition) is 2. The monoisotopic (exact) mass is 378 g/mol. The van der Waals surface area contributed by atoms with Gasteiger partial charge >= 0.3 is 0 Å². The van der Waals surface area contributed by atoms with Gasteiger partial charge in [0.15, 0.2) is 0 Å². The Bertz CT molecular complexity index is 725. The number of nitrogens with zero attached hydrogens (tertiary/aromatic N) is 2. The molecule has 0 aliphatic carbocycles. The molecule has 1 aromatic carbocycles. The van der Waals surface area contributed by atoms with Gasteiger partial charge in [0.2, 0.25) is 0 Å². The van der Waals surface area contributed by atoms with Crippen molar-refractivity contribution in [2.45, 2.75) is 13.8 Å². The highest BCUT2D eigenvalue weighted by Crippen LogP contribution is 2.20. The van der Waals surface area contributed by atoms with E-state index in [1.165, 1.54) is 10.9 Å². The quantitative estimate of drug-likeness (QED) is 0.839. The lowest BCUT2D eigenvalue weighted by atomic mass is 10.2. The second kappa shape index (κ2) is 7.41. The summed E-state index contributed by atoms with van der Waals surface area (Å²) in [5, 5.41) is 9.64. The van der Waals surface area contributed by atoms with E-state index in [9.17, 15) is 9.59 Å². The van der Waals surface area contributed by atoms with Crippen LogP contribution >= 0.6 is 15.9 Å². The highest BCUT2D eigenvalue weighted by atomic mass is 79.9. The van der Waals surface area contributed by atoms with Crippen LogP contribution in [0.1, 0.15) is 34.7 Å². The van der Waals surface area contributed by atoms with Crippen LogP contribution in [0.2, 0.25) is 0 Å². The molecule has 0 unspecified atom stereocenters. The molecule has 7 heteroatoms. The van der Waals surface area contributed by atoms with Gasteiger partial charge in [-0.2, -0.15) is 5.10 Å². The van der Waals surface area contributed by atoms with Gasteiger partial charge in [-0.25, -0.2) is 0 Å². The van der Waals surface area contributed by atoms with E-state index in [0.29, 0.717) is 33.9 Å². The predicted molar refractivity (Wildman–Crippen MR) is 92.5 cm³/mol. The third-order valence-corrected chi connectivity index (χ3v) is 3.88. The Balaban J connectivity index is 2.20. The molecule has 0 aliphatic heterocycles. The number of aryl methyl sites for hydroxylation is 1. The number of nitrogens with one attached hydrogen (secondary N) is 2. The number of halogens is 1. The van der Waals surface area contributed by atoms with Crippen LogP contribution < -0.4 is 10.6 Å². The zero-order chi connectivity index (χ0) is 17.0. The molecular weight excluding hydrogens is 360 g/mol. The number of amides is 2. The molecule has 2 N–H and O–H groups in total.